The fourth-order valence-corrected chi connectivity index (χ4v) is 1.02. The van der Waals surface area contributed by atoms with Gasteiger partial charge in [0.15, 0.2) is 10.1 Å². The summed E-state index contributed by atoms with van der Waals surface area (Å²) < 4.78 is 55.5. The molecule has 104 valence electrons. The average molecular weight is 285 g/mol. The Hall–Kier alpha value is -1.55. The summed E-state index contributed by atoms with van der Waals surface area (Å²) in [7, 11) is -6.07. The Labute approximate surface area is 102 Å². The van der Waals surface area contributed by atoms with Gasteiger partial charge in [-0.05, 0) is 6.92 Å². The highest BCUT2D eigenvalue weighted by atomic mass is 32.2. The minimum atomic E-state index is -6.07. The molecule has 0 spiro atoms. The lowest BCUT2D eigenvalue weighted by atomic mass is 10.3. The first kappa shape index (κ1) is 16.4. The quantitative estimate of drug-likeness (QED) is 0.366. The molecule has 0 unspecified atom stereocenters. The van der Waals surface area contributed by atoms with Crippen LogP contribution in [0.1, 0.15) is 6.92 Å². The minimum absolute atomic E-state index is 0.175. The molecule has 0 aliphatic heterocycles. The minimum Gasteiger partial charge on any atom is -0.743 e. The number of halogens is 2. The average Bonchev–Trinajstić information content (AvgIpc) is 2.21. The molecule has 0 radical (unpaired) electrons. The van der Waals surface area contributed by atoms with Crippen LogP contribution in [0.3, 0.4) is 0 Å². The van der Waals surface area contributed by atoms with E-state index in [0.29, 0.717) is 0 Å². The Balaban J connectivity index is 4.22. The molecule has 0 aromatic carbocycles. The fourth-order valence-electron chi connectivity index (χ4n) is 0.719. The zero-order valence-electron chi connectivity index (χ0n) is 9.33. The summed E-state index contributed by atoms with van der Waals surface area (Å²) in [5, 5.41) is -1.32. The van der Waals surface area contributed by atoms with Gasteiger partial charge in [0.2, 0.25) is 5.91 Å². The lowest BCUT2D eigenvalue weighted by Crippen LogP contribution is -2.47. The highest BCUT2D eigenvalue weighted by molar-refractivity contribution is 7.87. The third-order valence-corrected chi connectivity index (χ3v) is 2.48. The monoisotopic (exact) mass is 285 g/mol. The number of amides is 2. The van der Waals surface area contributed by atoms with Crippen LogP contribution in [0, 0.1) is 0 Å². The molecule has 7 nitrogen and oxygen atoms in total. The molecule has 0 rings (SSSR count). The highest BCUT2D eigenvalue weighted by Crippen LogP contribution is 2.19. The molecule has 0 aliphatic carbocycles. The van der Waals surface area contributed by atoms with Crippen molar-refractivity contribution in [2.45, 2.75) is 12.2 Å². The second-order valence-electron chi connectivity index (χ2n) is 3.26. The van der Waals surface area contributed by atoms with Gasteiger partial charge in [-0.25, -0.2) is 8.42 Å². The molecular weight excluding hydrogens is 274 g/mol. The maximum Gasteiger partial charge on any atom is 0.410 e. The number of hydrogen-bond donors (Lipinski definition) is 2. The molecule has 10 heteroatoms. The smallest absolute Gasteiger partial charge is 0.410 e. The van der Waals surface area contributed by atoms with Crippen LogP contribution in [0.15, 0.2) is 12.2 Å². The molecule has 0 fully saturated rings. The van der Waals surface area contributed by atoms with Crippen LogP contribution in [0.2, 0.25) is 0 Å². The number of carbonyl (C=O) groups is 2. The molecule has 0 aromatic heterocycles. The number of hydrogen-bond acceptors (Lipinski definition) is 5. The maximum atomic E-state index is 12.6. The van der Waals surface area contributed by atoms with Crippen LogP contribution in [0.4, 0.5) is 8.78 Å². The first-order valence-corrected chi connectivity index (χ1v) is 5.96. The molecule has 0 atom stereocenters. The summed E-state index contributed by atoms with van der Waals surface area (Å²) in [5.74, 6) is -2.78. The lowest BCUT2D eigenvalue weighted by molar-refractivity contribution is -0.136. The number of alkyl halides is 2. The molecule has 18 heavy (non-hydrogen) atoms. The molecule has 2 N–H and O–H groups in total. The predicted molar refractivity (Wildman–Crippen MR) is 55.5 cm³/mol. The van der Waals surface area contributed by atoms with Crippen molar-refractivity contribution in [1.82, 2.24) is 10.6 Å². The SMILES string of the molecule is C=C(C)C(=O)NCCNC(=O)C(F)(F)S(=O)(=O)[O-]. The van der Waals surface area contributed by atoms with Crippen LogP contribution >= 0.6 is 0 Å². The van der Waals surface area contributed by atoms with E-state index in [4.69, 9.17) is 0 Å². The number of rotatable bonds is 6. The standard InChI is InChI=1S/C8H12F2N2O5S/c1-5(2)6(13)11-3-4-12-7(14)8(9,10)18(15,16)17/h1,3-4H2,2H3,(H,11,13)(H,12,14)(H,15,16,17)/p-1. The predicted octanol–water partition coefficient (Wildman–Crippen LogP) is -1.07. The first-order chi connectivity index (χ1) is 8.00. The largest absolute Gasteiger partial charge is 0.743 e. The van der Waals surface area contributed by atoms with Crippen molar-refractivity contribution in [2.75, 3.05) is 13.1 Å². The van der Waals surface area contributed by atoms with Gasteiger partial charge in [0, 0.05) is 18.7 Å². The Morgan fingerprint density at radius 1 is 1.28 bits per heavy atom. The maximum absolute atomic E-state index is 12.6. The van der Waals surface area contributed by atoms with E-state index in [9.17, 15) is 31.3 Å². The first-order valence-electron chi connectivity index (χ1n) is 4.55. The summed E-state index contributed by atoms with van der Waals surface area (Å²) in [6.07, 6.45) is 0. The molecule has 0 aromatic rings. The zero-order chi connectivity index (χ0) is 14.6. The van der Waals surface area contributed by atoms with Crippen molar-refractivity contribution in [3.8, 4) is 0 Å². The van der Waals surface area contributed by atoms with Gasteiger partial charge in [0.25, 0.3) is 0 Å². The summed E-state index contributed by atoms with van der Waals surface area (Å²) in [6, 6.07) is 0. The van der Waals surface area contributed by atoms with Gasteiger partial charge < -0.3 is 15.2 Å². The third-order valence-electron chi connectivity index (χ3n) is 1.66. The Morgan fingerprint density at radius 2 is 1.72 bits per heavy atom. The van der Waals surface area contributed by atoms with E-state index in [1.54, 1.807) is 0 Å². The van der Waals surface area contributed by atoms with Crippen molar-refractivity contribution < 1.29 is 31.3 Å². The summed E-state index contributed by atoms with van der Waals surface area (Å²) in [5.41, 5.74) is 0.175. The van der Waals surface area contributed by atoms with Gasteiger partial charge in [0.1, 0.15) is 0 Å². The van der Waals surface area contributed by atoms with Crippen LogP contribution < -0.4 is 10.6 Å². The van der Waals surface area contributed by atoms with Crippen molar-refractivity contribution in [1.29, 1.82) is 0 Å². The molecule has 0 saturated heterocycles. The molecule has 0 bridgehead atoms. The van der Waals surface area contributed by atoms with Crippen LogP contribution in [0.25, 0.3) is 0 Å². The zero-order valence-corrected chi connectivity index (χ0v) is 10.1. The Bertz CT molecular complexity index is 460. The van der Waals surface area contributed by atoms with E-state index < -0.39 is 33.7 Å². The van der Waals surface area contributed by atoms with Crippen LogP contribution in [-0.4, -0.2) is 43.1 Å². The Kier molecular flexibility index (Phi) is 5.36. The van der Waals surface area contributed by atoms with Crippen LogP contribution in [0.5, 0.6) is 0 Å². The molecule has 2 amide bonds. The molecule has 0 aliphatic rings. The van der Waals surface area contributed by atoms with E-state index >= 15 is 0 Å². The van der Waals surface area contributed by atoms with Crippen molar-refractivity contribution >= 4 is 21.9 Å². The normalized spacial score (nSPS) is 11.8. The Morgan fingerprint density at radius 3 is 2.11 bits per heavy atom. The van der Waals surface area contributed by atoms with Gasteiger partial charge in [-0.1, -0.05) is 6.58 Å². The van der Waals surface area contributed by atoms with Gasteiger partial charge in [-0.3, -0.25) is 9.59 Å². The van der Waals surface area contributed by atoms with Crippen molar-refractivity contribution in [2.24, 2.45) is 0 Å². The van der Waals surface area contributed by atoms with Crippen LogP contribution in [-0.2, 0) is 19.7 Å². The van der Waals surface area contributed by atoms with Crippen molar-refractivity contribution in [3.63, 3.8) is 0 Å². The second kappa shape index (κ2) is 5.87. The van der Waals surface area contributed by atoms with Gasteiger partial charge in [0.05, 0.1) is 0 Å². The van der Waals surface area contributed by atoms with E-state index in [1.807, 2.05) is 0 Å². The van der Waals surface area contributed by atoms with Gasteiger partial charge in [-0.15, -0.1) is 0 Å². The van der Waals surface area contributed by atoms with E-state index in [2.05, 4.69) is 11.9 Å². The van der Waals surface area contributed by atoms with Gasteiger partial charge in [-0.2, -0.15) is 8.78 Å². The van der Waals surface area contributed by atoms with E-state index in [-0.39, 0.29) is 12.1 Å². The summed E-state index contributed by atoms with van der Waals surface area (Å²) in [6.45, 7) is 4.04. The van der Waals surface area contributed by atoms with E-state index in [1.165, 1.54) is 12.2 Å². The number of nitrogens with one attached hydrogen (secondary N) is 2. The fraction of sp³-hybridized carbons (Fsp3) is 0.500. The summed E-state index contributed by atoms with van der Waals surface area (Å²) in [4.78, 5) is 21.6. The van der Waals surface area contributed by atoms with E-state index in [0.717, 1.165) is 0 Å². The van der Waals surface area contributed by atoms with Gasteiger partial charge >= 0.3 is 11.2 Å². The third kappa shape index (κ3) is 4.37. The van der Waals surface area contributed by atoms with Crippen molar-refractivity contribution in [3.05, 3.63) is 12.2 Å². The highest BCUT2D eigenvalue weighted by Gasteiger charge is 2.46. The topological polar surface area (TPSA) is 115 Å². The molecular formula is C8H11F2N2O5S-. The molecule has 0 heterocycles. The lowest BCUT2D eigenvalue weighted by Gasteiger charge is -2.18. The number of carbonyl (C=O) groups excluding carboxylic acids is 2. The molecule has 0 saturated carbocycles. The summed E-state index contributed by atoms with van der Waals surface area (Å²) >= 11 is 0. The second-order valence-corrected chi connectivity index (χ2v) is 4.68.